The van der Waals surface area contributed by atoms with Crippen molar-refractivity contribution >= 4 is 5.91 Å². The number of carbonyl (C=O) groups is 1. The van der Waals surface area contributed by atoms with Crippen molar-refractivity contribution in [2.45, 2.75) is 45.6 Å². The predicted octanol–water partition coefficient (Wildman–Crippen LogP) is 1.66. The Hall–Kier alpha value is -0.610. The van der Waals surface area contributed by atoms with E-state index in [1.54, 1.807) is 0 Å². The van der Waals surface area contributed by atoms with Crippen molar-refractivity contribution in [3.8, 4) is 0 Å². The molecule has 1 saturated carbocycles. The zero-order valence-electron chi connectivity index (χ0n) is 13.8. The highest BCUT2D eigenvalue weighted by Crippen LogP contribution is 2.39. The molecular weight excluding hydrogens is 262 g/mol. The molecule has 1 amide bonds. The fraction of sp³-hybridized carbons (Fsp3) is 0.941. The van der Waals surface area contributed by atoms with Crippen LogP contribution in [0.5, 0.6) is 0 Å². The molecular formula is C17H31N3O. The van der Waals surface area contributed by atoms with Crippen LogP contribution in [0.1, 0.15) is 39.5 Å². The van der Waals surface area contributed by atoms with Gasteiger partial charge in [-0.3, -0.25) is 9.69 Å². The van der Waals surface area contributed by atoms with Crippen LogP contribution < -0.4 is 0 Å². The number of piperidine rings is 1. The topological polar surface area (TPSA) is 26.8 Å². The number of hydrogen-bond donors (Lipinski definition) is 0. The molecule has 3 fully saturated rings. The summed E-state index contributed by atoms with van der Waals surface area (Å²) in [6.07, 6.45) is 5.02. The van der Waals surface area contributed by atoms with Gasteiger partial charge in [0.05, 0.1) is 0 Å². The van der Waals surface area contributed by atoms with Crippen LogP contribution >= 0.6 is 0 Å². The molecule has 21 heavy (non-hydrogen) atoms. The Morgan fingerprint density at radius 1 is 1.05 bits per heavy atom. The van der Waals surface area contributed by atoms with Gasteiger partial charge in [0, 0.05) is 38.1 Å². The summed E-state index contributed by atoms with van der Waals surface area (Å²) in [5.41, 5.74) is 0. The van der Waals surface area contributed by atoms with Crippen molar-refractivity contribution in [2.24, 2.45) is 11.8 Å². The van der Waals surface area contributed by atoms with E-state index in [9.17, 15) is 4.79 Å². The average Bonchev–Trinajstić information content (AvgIpc) is 3.25. The Bertz CT molecular complexity index is 357. The van der Waals surface area contributed by atoms with Gasteiger partial charge >= 0.3 is 0 Å². The second-order valence-corrected chi connectivity index (χ2v) is 7.25. The van der Waals surface area contributed by atoms with Crippen molar-refractivity contribution in [3.05, 3.63) is 0 Å². The van der Waals surface area contributed by atoms with E-state index in [2.05, 4.69) is 28.5 Å². The zero-order valence-corrected chi connectivity index (χ0v) is 13.8. The van der Waals surface area contributed by atoms with Crippen LogP contribution in [0.4, 0.5) is 0 Å². The zero-order chi connectivity index (χ0) is 14.8. The molecule has 4 nitrogen and oxygen atoms in total. The second-order valence-electron chi connectivity index (χ2n) is 7.25. The van der Waals surface area contributed by atoms with Crippen LogP contribution in [0.2, 0.25) is 0 Å². The first-order valence-electron chi connectivity index (χ1n) is 8.94. The largest absolute Gasteiger partial charge is 0.340 e. The Balaban J connectivity index is 1.41. The van der Waals surface area contributed by atoms with E-state index >= 15 is 0 Å². The molecule has 2 heterocycles. The van der Waals surface area contributed by atoms with Crippen LogP contribution in [0.3, 0.4) is 0 Å². The lowest BCUT2D eigenvalue weighted by molar-refractivity contribution is -0.135. The number of amides is 1. The number of nitrogens with zero attached hydrogens (tertiary/aromatic N) is 3. The van der Waals surface area contributed by atoms with Gasteiger partial charge in [-0.15, -0.1) is 0 Å². The molecule has 2 aliphatic heterocycles. The summed E-state index contributed by atoms with van der Waals surface area (Å²) in [7, 11) is 0. The summed E-state index contributed by atoms with van der Waals surface area (Å²) < 4.78 is 0. The van der Waals surface area contributed by atoms with Crippen LogP contribution in [0, 0.1) is 11.8 Å². The standard InChI is InChI=1S/C17H31N3O/c1-3-6-18-7-4-15(5-8-18)19-9-11-20(12-10-19)17(21)16-13-14(16)2/h14-16H,3-13H2,1-2H3. The molecule has 3 rings (SSSR count). The van der Waals surface area contributed by atoms with Gasteiger partial charge in [0.2, 0.25) is 5.91 Å². The number of carbonyl (C=O) groups excluding carboxylic acids is 1. The third-order valence-electron chi connectivity index (χ3n) is 5.67. The van der Waals surface area contributed by atoms with Gasteiger partial charge < -0.3 is 9.80 Å². The van der Waals surface area contributed by atoms with Crippen LogP contribution in [-0.4, -0.2) is 72.5 Å². The molecule has 0 aromatic rings. The number of piperazine rings is 1. The van der Waals surface area contributed by atoms with Crippen molar-refractivity contribution in [2.75, 3.05) is 45.8 Å². The molecule has 2 unspecified atom stereocenters. The average molecular weight is 293 g/mol. The van der Waals surface area contributed by atoms with E-state index in [-0.39, 0.29) is 0 Å². The molecule has 2 atom stereocenters. The lowest BCUT2D eigenvalue weighted by Gasteiger charge is -2.42. The van der Waals surface area contributed by atoms with Gasteiger partial charge in [-0.2, -0.15) is 0 Å². The molecule has 3 aliphatic rings. The van der Waals surface area contributed by atoms with Gasteiger partial charge in [-0.05, 0) is 51.2 Å². The van der Waals surface area contributed by atoms with Crippen LogP contribution in [-0.2, 0) is 4.79 Å². The molecule has 0 aromatic heterocycles. The van der Waals surface area contributed by atoms with E-state index in [4.69, 9.17) is 0 Å². The summed E-state index contributed by atoms with van der Waals surface area (Å²) in [6, 6.07) is 0.759. The van der Waals surface area contributed by atoms with Crippen molar-refractivity contribution in [1.82, 2.24) is 14.7 Å². The molecule has 1 aliphatic carbocycles. The Kier molecular flexibility index (Phi) is 4.85. The van der Waals surface area contributed by atoms with E-state index in [1.807, 2.05) is 0 Å². The third-order valence-corrected chi connectivity index (χ3v) is 5.67. The lowest BCUT2D eigenvalue weighted by atomic mass is 10.0. The van der Waals surface area contributed by atoms with Crippen LogP contribution in [0.15, 0.2) is 0 Å². The van der Waals surface area contributed by atoms with E-state index in [0.717, 1.165) is 38.6 Å². The highest BCUT2D eigenvalue weighted by molar-refractivity contribution is 5.81. The highest BCUT2D eigenvalue weighted by Gasteiger charge is 2.42. The maximum atomic E-state index is 12.3. The minimum Gasteiger partial charge on any atom is -0.340 e. The normalized spacial score (nSPS) is 32.4. The second kappa shape index (κ2) is 6.66. The molecule has 2 saturated heterocycles. The fourth-order valence-electron chi connectivity index (χ4n) is 4.03. The Morgan fingerprint density at radius 3 is 2.19 bits per heavy atom. The fourth-order valence-corrected chi connectivity index (χ4v) is 4.03. The molecule has 120 valence electrons. The SMILES string of the molecule is CCCN1CCC(N2CCN(C(=O)C3CC3C)CC2)CC1. The minimum atomic E-state index is 0.355. The number of rotatable bonds is 4. The molecule has 4 heteroatoms. The quantitative estimate of drug-likeness (QED) is 0.789. The monoisotopic (exact) mass is 293 g/mol. The molecule has 0 N–H and O–H groups in total. The van der Waals surface area contributed by atoms with E-state index in [0.29, 0.717) is 17.7 Å². The maximum Gasteiger partial charge on any atom is 0.226 e. The van der Waals surface area contributed by atoms with Gasteiger partial charge in [-0.25, -0.2) is 0 Å². The summed E-state index contributed by atoms with van der Waals surface area (Å²) in [5.74, 6) is 1.42. The highest BCUT2D eigenvalue weighted by atomic mass is 16.2. The predicted molar refractivity (Wildman–Crippen MR) is 85.2 cm³/mol. The van der Waals surface area contributed by atoms with Gasteiger partial charge in [0.15, 0.2) is 0 Å². The van der Waals surface area contributed by atoms with Crippen molar-refractivity contribution < 1.29 is 4.79 Å². The lowest BCUT2D eigenvalue weighted by Crippen LogP contribution is -2.54. The van der Waals surface area contributed by atoms with Gasteiger partial charge in [-0.1, -0.05) is 13.8 Å². The van der Waals surface area contributed by atoms with E-state index in [1.165, 1.54) is 38.9 Å². The smallest absolute Gasteiger partial charge is 0.226 e. The van der Waals surface area contributed by atoms with Gasteiger partial charge in [0.25, 0.3) is 0 Å². The molecule has 0 spiro atoms. The number of likely N-dealkylation sites (tertiary alicyclic amines) is 1. The van der Waals surface area contributed by atoms with Crippen molar-refractivity contribution in [3.63, 3.8) is 0 Å². The minimum absolute atomic E-state index is 0.355. The first kappa shape index (κ1) is 15.3. The summed E-state index contributed by atoms with van der Waals surface area (Å²) in [6.45, 7) is 12.3. The maximum absolute atomic E-state index is 12.3. The summed E-state index contributed by atoms with van der Waals surface area (Å²) in [5, 5.41) is 0. The van der Waals surface area contributed by atoms with E-state index < -0.39 is 0 Å². The Labute approximate surface area is 129 Å². The van der Waals surface area contributed by atoms with Crippen LogP contribution in [0.25, 0.3) is 0 Å². The molecule has 0 bridgehead atoms. The Morgan fingerprint density at radius 2 is 1.67 bits per heavy atom. The molecule has 0 radical (unpaired) electrons. The first-order valence-corrected chi connectivity index (χ1v) is 8.94. The van der Waals surface area contributed by atoms with Gasteiger partial charge in [0.1, 0.15) is 0 Å². The third kappa shape index (κ3) is 3.59. The number of hydrogen-bond acceptors (Lipinski definition) is 3. The summed E-state index contributed by atoms with van der Waals surface area (Å²) >= 11 is 0. The summed E-state index contributed by atoms with van der Waals surface area (Å²) in [4.78, 5) is 19.6. The first-order chi connectivity index (χ1) is 10.2. The van der Waals surface area contributed by atoms with Crippen molar-refractivity contribution in [1.29, 1.82) is 0 Å². The molecule has 0 aromatic carbocycles.